The molecule has 3 rings (SSSR count). The van der Waals surface area contributed by atoms with Gasteiger partial charge in [0.2, 0.25) is 0 Å². The summed E-state index contributed by atoms with van der Waals surface area (Å²) in [5.74, 6) is -3.83. The first-order chi connectivity index (χ1) is 13.1. The van der Waals surface area contributed by atoms with Gasteiger partial charge in [-0.05, 0) is 6.92 Å². The molecule has 11 heteroatoms. The van der Waals surface area contributed by atoms with E-state index >= 15 is 0 Å². The van der Waals surface area contributed by atoms with Gasteiger partial charge >= 0.3 is 6.18 Å². The van der Waals surface area contributed by atoms with Crippen LogP contribution in [0.1, 0.15) is 24.3 Å². The summed E-state index contributed by atoms with van der Waals surface area (Å²) < 4.78 is 81.8. The molecule has 4 nitrogen and oxygen atoms in total. The van der Waals surface area contributed by atoms with Crippen molar-refractivity contribution in [3.8, 4) is 0 Å². The fourth-order valence-electron chi connectivity index (χ4n) is 2.69. The van der Waals surface area contributed by atoms with Crippen molar-refractivity contribution in [3.05, 3.63) is 64.6 Å². The van der Waals surface area contributed by atoms with E-state index in [4.69, 9.17) is 11.6 Å². The topological polar surface area (TPSA) is 41.4 Å². The van der Waals surface area contributed by atoms with E-state index in [1.807, 2.05) is 0 Å². The lowest BCUT2D eigenvalue weighted by Gasteiger charge is -2.38. The van der Waals surface area contributed by atoms with Crippen molar-refractivity contribution in [1.82, 2.24) is 14.9 Å². The molecule has 0 bridgehead atoms. The molecule has 2 aromatic rings. The Balaban J connectivity index is 2.18. The summed E-state index contributed by atoms with van der Waals surface area (Å²) in [6.07, 6.45) is -1.35. The molecule has 2 heterocycles. The van der Waals surface area contributed by atoms with Gasteiger partial charge in [-0.2, -0.15) is 13.2 Å². The minimum atomic E-state index is -4.74. The van der Waals surface area contributed by atoms with E-state index in [1.165, 1.54) is 18.6 Å². The number of hydrogen-bond acceptors (Lipinski definition) is 4. The quantitative estimate of drug-likeness (QED) is 0.527. The first kappa shape index (κ1) is 20.1. The SMILES string of the molecule is C[C@@H](N1C(Cl)=C(c2c(F)cc(F)cc2F)C=NC1c1cnccn1)C(F)(F)F. The third kappa shape index (κ3) is 3.68. The zero-order chi connectivity index (χ0) is 20.6. The zero-order valence-corrected chi connectivity index (χ0v) is 14.8. The van der Waals surface area contributed by atoms with Crippen LogP contribution in [0.4, 0.5) is 26.3 Å². The highest BCUT2D eigenvalue weighted by molar-refractivity contribution is 6.37. The summed E-state index contributed by atoms with van der Waals surface area (Å²) in [6, 6.07) is -1.38. The van der Waals surface area contributed by atoms with Crippen molar-refractivity contribution in [2.75, 3.05) is 0 Å². The van der Waals surface area contributed by atoms with Gasteiger partial charge in [-0.15, -0.1) is 0 Å². The number of allylic oxidation sites excluding steroid dienone is 1. The number of benzene rings is 1. The summed E-state index contributed by atoms with van der Waals surface area (Å²) in [5, 5.41) is -0.611. The van der Waals surface area contributed by atoms with Crippen molar-refractivity contribution in [3.63, 3.8) is 0 Å². The Hall–Kier alpha value is -2.62. The van der Waals surface area contributed by atoms with Crippen LogP contribution in [0.3, 0.4) is 0 Å². The molecule has 0 saturated carbocycles. The first-order valence-electron chi connectivity index (χ1n) is 7.80. The van der Waals surface area contributed by atoms with Crippen LogP contribution < -0.4 is 0 Å². The lowest BCUT2D eigenvalue weighted by atomic mass is 10.0. The molecular formula is C17H11ClF6N4. The van der Waals surface area contributed by atoms with Gasteiger partial charge in [0.1, 0.15) is 34.3 Å². The van der Waals surface area contributed by atoms with Crippen LogP contribution in [0.2, 0.25) is 0 Å². The van der Waals surface area contributed by atoms with Crippen LogP contribution in [0.25, 0.3) is 5.57 Å². The number of alkyl halides is 3. The van der Waals surface area contributed by atoms with E-state index < -0.39 is 52.1 Å². The number of nitrogens with zero attached hydrogens (tertiary/aromatic N) is 4. The van der Waals surface area contributed by atoms with Gasteiger partial charge in [0.05, 0.1) is 11.8 Å². The predicted octanol–water partition coefficient (Wildman–Crippen LogP) is 4.84. The molecule has 0 N–H and O–H groups in total. The molecule has 1 aromatic heterocycles. The molecule has 1 aromatic carbocycles. The van der Waals surface area contributed by atoms with Crippen molar-refractivity contribution >= 4 is 23.4 Å². The molecular weight excluding hydrogens is 410 g/mol. The summed E-state index contributed by atoms with van der Waals surface area (Å²) in [4.78, 5) is 12.3. The predicted molar refractivity (Wildman–Crippen MR) is 89.7 cm³/mol. The van der Waals surface area contributed by atoms with Gasteiger partial charge in [-0.3, -0.25) is 15.0 Å². The molecule has 0 aliphatic carbocycles. The van der Waals surface area contributed by atoms with Crippen LogP contribution in [-0.2, 0) is 0 Å². The van der Waals surface area contributed by atoms with Gasteiger partial charge in [0.25, 0.3) is 0 Å². The number of aromatic nitrogens is 2. The van der Waals surface area contributed by atoms with Crippen LogP contribution in [0, 0.1) is 17.5 Å². The molecule has 0 amide bonds. The lowest BCUT2D eigenvalue weighted by molar-refractivity contribution is -0.178. The number of hydrogen-bond donors (Lipinski definition) is 0. The Bertz CT molecular complexity index is 921. The van der Waals surface area contributed by atoms with E-state index in [1.54, 1.807) is 0 Å². The van der Waals surface area contributed by atoms with Gasteiger partial charge in [-0.1, -0.05) is 11.6 Å². The van der Waals surface area contributed by atoms with E-state index in [-0.39, 0.29) is 5.69 Å². The van der Waals surface area contributed by atoms with Crippen LogP contribution in [0.15, 0.2) is 40.9 Å². The smallest absolute Gasteiger partial charge is 0.323 e. The summed E-state index contributed by atoms with van der Waals surface area (Å²) in [7, 11) is 0. The average Bonchev–Trinajstić information content (AvgIpc) is 2.61. The second-order valence-corrected chi connectivity index (χ2v) is 6.21. The second-order valence-electron chi connectivity index (χ2n) is 5.86. The maximum Gasteiger partial charge on any atom is 0.408 e. The normalized spacial score (nSPS) is 18.6. The maximum absolute atomic E-state index is 14.2. The molecule has 0 fully saturated rings. The van der Waals surface area contributed by atoms with Crippen LogP contribution in [-0.4, -0.2) is 33.3 Å². The number of aliphatic imine (C=N–C) groups is 1. The van der Waals surface area contributed by atoms with E-state index in [0.717, 1.165) is 13.1 Å². The van der Waals surface area contributed by atoms with Crippen molar-refractivity contribution < 1.29 is 26.3 Å². The van der Waals surface area contributed by atoms with Gasteiger partial charge < -0.3 is 4.90 Å². The molecule has 148 valence electrons. The Morgan fingerprint density at radius 2 is 1.75 bits per heavy atom. The summed E-state index contributed by atoms with van der Waals surface area (Å²) >= 11 is 6.15. The monoisotopic (exact) mass is 420 g/mol. The Labute approximate surface area is 160 Å². The molecule has 28 heavy (non-hydrogen) atoms. The molecule has 0 saturated heterocycles. The lowest BCUT2D eigenvalue weighted by Crippen LogP contribution is -2.45. The minimum absolute atomic E-state index is 0.0482. The largest absolute Gasteiger partial charge is 0.408 e. The molecule has 0 spiro atoms. The second kappa shape index (κ2) is 7.42. The Kier molecular flexibility index (Phi) is 5.33. The molecule has 1 unspecified atom stereocenters. The fourth-order valence-corrected chi connectivity index (χ4v) is 3.07. The molecule has 0 radical (unpaired) electrons. The van der Waals surface area contributed by atoms with Crippen molar-refractivity contribution in [2.24, 2.45) is 4.99 Å². The molecule has 1 aliphatic rings. The van der Waals surface area contributed by atoms with Crippen molar-refractivity contribution in [2.45, 2.75) is 25.3 Å². The van der Waals surface area contributed by atoms with E-state index in [2.05, 4.69) is 15.0 Å². The van der Waals surface area contributed by atoms with E-state index in [9.17, 15) is 26.3 Å². The van der Waals surface area contributed by atoms with E-state index in [0.29, 0.717) is 17.0 Å². The molecule has 2 atom stereocenters. The highest BCUT2D eigenvalue weighted by Crippen LogP contribution is 2.41. The summed E-state index contributed by atoms with van der Waals surface area (Å²) in [5.41, 5.74) is -1.19. The Morgan fingerprint density at radius 3 is 2.29 bits per heavy atom. The number of rotatable bonds is 3. The minimum Gasteiger partial charge on any atom is -0.323 e. The van der Waals surface area contributed by atoms with Gasteiger partial charge in [0, 0.05) is 36.3 Å². The number of halogens is 7. The van der Waals surface area contributed by atoms with Crippen LogP contribution in [0.5, 0.6) is 0 Å². The fraction of sp³-hybridized carbons (Fsp3) is 0.235. The third-order valence-electron chi connectivity index (χ3n) is 4.07. The highest BCUT2D eigenvalue weighted by atomic mass is 35.5. The summed E-state index contributed by atoms with van der Waals surface area (Å²) in [6.45, 7) is 0.821. The standard InChI is InChI=1S/C17H11ClF6N4/c1-8(17(22,23)24)28-15(18)10(14-11(20)4-9(19)5-12(14)21)6-27-16(28)13-7-25-2-3-26-13/h2-8,16H,1H3/t8-,16?/m1/s1. The van der Waals surface area contributed by atoms with Gasteiger partial charge in [-0.25, -0.2) is 13.2 Å². The van der Waals surface area contributed by atoms with Crippen molar-refractivity contribution in [1.29, 1.82) is 0 Å². The zero-order valence-electron chi connectivity index (χ0n) is 14.1. The average molecular weight is 421 g/mol. The maximum atomic E-state index is 14.2. The highest BCUT2D eigenvalue weighted by Gasteiger charge is 2.45. The molecule has 1 aliphatic heterocycles. The van der Waals surface area contributed by atoms with Crippen LogP contribution >= 0.6 is 11.6 Å². The Morgan fingerprint density at radius 1 is 1.11 bits per heavy atom. The third-order valence-corrected chi connectivity index (χ3v) is 4.47. The van der Waals surface area contributed by atoms with Gasteiger partial charge in [0.15, 0.2) is 6.17 Å². The first-order valence-corrected chi connectivity index (χ1v) is 8.18.